The Labute approximate surface area is 161 Å². The Morgan fingerprint density at radius 1 is 1.41 bits per heavy atom. The number of carbonyl (C=O) groups is 1. The lowest BCUT2D eigenvalue weighted by molar-refractivity contribution is -0.0656. The quantitative estimate of drug-likeness (QED) is 0.808. The fourth-order valence-corrected chi connectivity index (χ4v) is 5.28. The van der Waals surface area contributed by atoms with E-state index in [2.05, 4.69) is 21.4 Å². The van der Waals surface area contributed by atoms with E-state index in [1.54, 1.807) is 22.5 Å². The molecule has 27 heavy (non-hydrogen) atoms. The molecule has 6 heteroatoms. The predicted octanol–water partition coefficient (Wildman–Crippen LogP) is 2.66. The van der Waals surface area contributed by atoms with Gasteiger partial charge in [0.25, 0.3) is 5.91 Å². The molecule has 3 aliphatic rings. The van der Waals surface area contributed by atoms with E-state index >= 15 is 0 Å². The molecule has 1 saturated heterocycles. The summed E-state index contributed by atoms with van der Waals surface area (Å²) in [7, 11) is 3.67. The second kappa shape index (κ2) is 7.76. The van der Waals surface area contributed by atoms with Gasteiger partial charge in [-0.25, -0.2) is 0 Å². The highest BCUT2D eigenvalue weighted by molar-refractivity contribution is 5.92. The van der Waals surface area contributed by atoms with E-state index in [1.165, 1.54) is 25.7 Å². The summed E-state index contributed by atoms with van der Waals surface area (Å²) in [4.78, 5) is 15.2. The number of allylic oxidation sites excluding steroid dienone is 1. The molecule has 6 nitrogen and oxygen atoms in total. The van der Waals surface area contributed by atoms with Crippen molar-refractivity contribution in [2.45, 2.75) is 69.1 Å². The van der Waals surface area contributed by atoms with E-state index in [0.29, 0.717) is 11.7 Å². The maximum atomic E-state index is 12.6. The molecule has 1 aromatic rings. The number of methoxy groups -OCH3 is 1. The van der Waals surface area contributed by atoms with E-state index in [0.717, 1.165) is 38.8 Å². The van der Waals surface area contributed by atoms with Gasteiger partial charge in [-0.05, 0) is 57.4 Å². The van der Waals surface area contributed by atoms with Gasteiger partial charge in [-0.1, -0.05) is 11.6 Å². The number of hydrogen-bond acceptors (Lipinski definition) is 4. The molecular weight excluding hydrogens is 340 g/mol. The fourth-order valence-electron chi connectivity index (χ4n) is 5.28. The number of rotatable bonds is 5. The standard InChI is InChI=1S/C21H32N4O2/c1-24-18(9-12-22-24)20(26)23-17-8-10-21(27-2)11-13-25(19(21)14-17)15-16-6-4-3-5-7-16/h6,9,12,17,19H,3-5,7-8,10-11,13-15H2,1-2H3,(H,23,26)/t17-,19+,21-/m1/s1. The molecule has 0 spiro atoms. The SMILES string of the molecule is CO[C@@]12CC[C@@H](NC(=O)c3ccnn3C)C[C@@H]1N(CC1=CCCCC1)CC2. The summed E-state index contributed by atoms with van der Waals surface area (Å²) in [6.45, 7) is 2.16. The molecule has 1 N–H and O–H groups in total. The molecule has 0 unspecified atom stereocenters. The zero-order chi connectivity index (χ0) is 18.9. The third-order valence-electron chi connectivity index (χ3n) is 6.88. The summed E-state index contributed by atoms with van der Waals surface area (Å²) in [5.41, 5.74) is 2.17. The normalized spacial score (nSPS) is 31.4. The van der Waals surface area contributed by atoms with Crippen LogP contribution < -0.4 is 5.32 Å². The monoisotopic (exact) mass is 372 g/mol. The maximum absolute atomic E-state index is 12.6. The number of aryl methyl sites for hydroxylation is 1. The van der Waals surface area contributed by atoms with Gasteiger partial charge >= 0.3 is 0 Å². The summed E-state index contributed by atoms with van der Waals surface area (Å²) in [5.74, 6) is -0.0237. The van der Waals surface area contributed by atoms with Crippen molar-refractivity contribution in [3.8, 4) is 0 Å². The molecule has 0 aromatic carbocycles. The van der Waals surface area contributed by atoms with E-state index in [4.69, 9.17) is 4.74 Å². The minimum Gasteiger partial charge on any atom is -0.377 e. The largest absolute Gasteiger partial charge is 0.377 e. The van der Waals surface area contributed by atoms with Crippen LogP contribution in [-0.4, -0.2) is 58.5 Å². The topological polar surface area (TPSA) is 59.4 Å². The average Bonchev–Trinajstić information content (AvgIpc) is 3.27. The van der Waals surface area contributed by atoms with Crippen LogP contribution in [0.4, 0.5) is 0 Å². The molecule has 2 fully saturated rings. The minimum absolute atomic E-state index is 0.0237. The maximum Gasteiger partial charge on any atom is 0.269 e. The molecule has 3 atom stereocenters. The molecule has 2 heterocycles. The second-order valence-electron chi connectivity index (χ2n) is 8.40. The van der Waals surface area contributed by atoms with Crippen LogP contribution in [0.5, 0.6) is 0 Å². The Hall–Kier alpha value is -1.66. The number of hydrogen-bond donors (Lipinski definition) is 1. The van der Waals surface area contributed by atoms with Gasteiger partial charge in [0.1, 0.15) is 5.69 Å². The zero-order valence-electron chi connectivity index (χ0n) is 16.6. The summed E-state index contributed by atoms with van der Waals surface area (Å²) in [5, 5.41) is 7.35. The highest BCUT2D eigenvalue weighted by atomic mass is 16.5. The van der Waals surface area contributed by atoms with Crippen molar-refractivity contribution in [1.29, 1.82) is 0 Å². The molecule has 4 rings (SSSR count). The smallest absolute Gasteiger partial charge is 0.269 e. The molecule has 148 valence electrons. The van der Waals surface area contributed by atoms with E-state index in [9.17, 15) is 4.79 Å². The van der Waals surface area contributed by atoms with Crippen molar-refractivity contribution in [3.63, 3.8) is 0 Å². The van der Waals surface area contributed by atoms with Crippen LogP contribution in [0, 0.1) is 0 Å². The van der Waals surface area contributed by atoms with Crippen molar-refractivity contribution in [2.75, 3.05) is 20.2 Å². The third kappa shape index (κ3) is 3.69. The van der Waals surface area contributed by atoms with Crippen LogP contribution in [0.2, 0.25) is 0 Å². The molecular formula is C21H32N4O2. The van der Waals surface area contributed by atoms with Gasteiger partial charge in [-0.2, -0.15) is 5.10 Å². The highest BCUT2D eigenvalue weighted by Gasteiger charge is 2.51. The van der Waals surface area contributed by atoms with Crippen molar-refractivity contribution >= 4 is 5.91 Å². The fraction of sp³-hybridized carbons (Fsp3) is 0.714. The van der Waals surface area contributed by atoms with E-state index < -0.39 is 0 Å². The highest BCUT2D eigenvalue weighted by Crippen LogP contribution is 2.43. The number of ether oxygens (including phenoxy) is 1. The van der Waals surface area contributed by atoms with Crippen LogP contribution in [0.15, 0.2) is 23.9 Å². The Morgan fingerprint density at radius 2 is 2.30 bits per heavy atom. The summed E-state index contributed by atoms with van der Waals surface area (Å²) >= 11 is 0. The van der Waals surface area contributed by atoms with Crippen molar-refractivity contribution in [1.82, 2.24) is 20.0 Å². The Kier molecular flexibility index (Phi) is 5.37. The van der Waals surface area contributed by atoms with Gasteiger partial charge in [0.05, 0.1) is 5.60 Å². The van der Waals surface area contributed by atoms with Crippen LogP contribution >= 0.6 is 0 Å². The summed E-state index contributed by atoms with van der Waals surface area (Å²) in [6.07, 6.45) is 13.3. The Morgan fingerprint density at radius 3 is 3.00 bits per heavy atom. The predicted molar refractivity (Wildman–Crippen MR) is 105 cm³/mol. The van der Waals surface area contributed by atoms with Gasteiger partial charge in [-0.3, -0.25) is 14.4 Å². The lowest BCUT2D eigenvalue weighted by Crippen LogP contribution is -2.55. The lowest BCUT2D eigenvalue weighted by atomic mass is 9.78. The third-order valence-corrected chi connectivity index (χ3v) is 6.88. The average molecular weight is 373 g/mol. The van der Waals surface area contributed by atoms with E-state index in [1.807, 2.05) is 14.2 Å². The van der Waals surface area contributed by atoms with Crippen LogP contribution in [0.3, 0.4) is 0 Å². The van der Waals surface area contributed by atoms with Gasteiger partial charge < -0.3 is 10.1 Å². The number of nitrogens with one attached hydrogen (secondary N) is 1. The minimum atomic E-state index is -0.0387. The molecule has 0 bridgehead atoms. The van der Waals surface area contributed by atoms with Crippen molar-refractivity contribution < 1.29 is 9.53 Å². The van der Waals surface area contributed by atoms with Gasteiger partial charge in [0.2, 0.25) is 0 Å². The molecule has 1 aliphatic heterocycles. The first-order valence-corrected chi connectivity index (χ1v) is 10.4. The van der Waals surface area contributed by atoms with Crippen LogP contribution in [0.25, 0.3) is 0 Å². The second-order valence-corrected chi connectivity index (χ2v) is 8.40. The first-order chi connectivity index (χ1) is 13.1. The number of likely N-dealkylation sites (tertiary alicyclic amines) is 1. The number of carbonyl (C=O) groups excluding carboxylic acids is 1. The van der Waals surface area contributed by atoms with Crippen LogP contribution in [0.1, 0.15) is 61.9 Å². The molecule has 1 amide bonds. The Balaban J connectivity index is 1.44. The van der Waals surface area contributed by atoms with Crippen molar-refractivity contribution in [2.24, 2.45) is 7.05 Å². The molecule has 2 aliphatic carbocycles. The van der Waals surface area contributed by atoms with Crippen LogP contribution in [-0.2, 0) is 11.8 Å². The Bertz CT molecular complexity index is 713. The van der Waals surface area contributed by atoms with E-state index in [-0.39, 0.29) is 17.6 Å². The number of fused-ring (bicyclic) bond motifs is 1. The number of aromatic nitrogens is 2. The van der Waals surface area contributed by atoms with Crippen molar-refractivity contribution in [3.05, 3.63) is 29.6 Å². The molecule has 1 saturated carbocycles. The van der Waals surface area contributed by atoms with Gasteiger partial charge in [-0.15, -0.1) is 0 Å². The zero-order valence-corrected chi connectivity index (χ0v) is 16.6. The number of amides is 1. The van der Waals surface area contributed by atoms with Gasteiger partial charge in [0, 0.05) is 45.5 Å². The lowest BCUT2D eigenvalue weighted by Gasteiger charge is -2.44. The summed E-state index contributed by atoms with van der Waals surface area (Å²) < 4.78 is 7.71. The van der Waals surface area contributed by atoms with Gasteiger partial charge in [0.15, 0.2) is 0 Å². The summed E-state index contributed by atoms with van der Waals surface area (Å²) in [6, 6.07) is 2.35. The first-order valence-electron chi connectivity index (χ1n) is 10.4. The first kappa shape index (κ1) is 18.7. The molecule has 1 aromatic heterocycles. The molecule has 0 radical (unpaired) electrons. The number of nitrogens with zero attached hydrogens (tertiary/aromatic N) is 3.